The van der Waals surface area contributed by atoms with E-state index in [-0.39, 0.29) is 25.0 Å². The van der Waals surface area contributed by atoms with Gasteiger partial charge in [0.1, 0.15) is 5.82 Å². The Morgan fingerprint density at radius 3 is 2.62 bits per heavy atom. The van der Waals surface area contributed by atoms with Crippen molar-refractivity contribution in [1.82, 2.24) is 4.90 Å². The molecule has 0 atom stereocenters. The number of ether oxygens (including phenoxy) is 1. The highest BCUT2D eigenvalue weighted by Crippen LogP contribution is 2.08. The van der Waals surface area contributed by atoms with E-state index < -0.39 is 11.8 Å². The van der Waals surface area contributed by atoms with Crippen molar-refractivity contribution in [3.8, 4) is 0 Å². The van der Waals surface area contributed by atoms with Gasteiger partial charge in [-0.2, -0.15) is 0 Å². The molecule has 0 aromatic heterocycles. The molecule has 1 heterocycles. The van der Waals surface area contributed by atoms with Crippen molar-refractivity contribution in [2.75, 3.05) is 44.6 Å². The van der Waals surface area contributed by atoms with Gasteiger partial charge in [0.05, 0.1) is 26.2 Å². The summed E-state index contributed by atoms with van der Waals surface area (Å²) < 4.78 is 17.8. The molecule has 2 N–H and O–H groups in total. The molecule has 1 aromatic rings. The number of benzene rings is 1. The number of carbonyl (C=O) groups is 3. The van der Waals surface area contributed by atoms with Crippen LogP contribution in [-0.4, -0.2) is 62.0 Å². The highest BCUT2D eigenvalue weighted by atomic mass is 19.1. The summed E-state index contributed by atoms with van der Waals surface area (Å²) in [5, 5.41) is 2.66. The van der Waals surface area contributed by atoms with E-state index >= 15 is 0 Å². The summed E-state index contributed by atoms with van der Waals surface area (Å²) in [6, 6.07) is 5.74. The molecule has 2 amide bonds. The maximum Gasteiger partial charge on any atom is 0.303 e. The lowest BCUT2D eigenvalue weighted by atomic mass is 10.3. The van der Waals surface area contributed by atoms with Crippen LogP contribution in [0.4, 0.5) is 10.1 Å². The molecule has 24 heavy (non-hydrogen) atoms. The number of nitrogens with one attached hydrogen (secondary N) is 2. The molecule has 1 aliphatic rings. The van der Waals surface area contributed by atoms with Gasteiger partial charge in [-0.1, -0.05) is 6.07 Å². The molecule has 130 valence electrons. The topological polar surface area (TPSA) is 80.2 Å². The van der Waals surface area contributed by atoms with E-state index in [1.807, 2.05) is 0 Å². The van der Waals surface area contributed by atoms with Crippen LogP contribution < -0.4 is 10.2 Å². The highest BCUT2D eigenvalue weighted by Gasteiger charge is 2.25. The molecule has 1 saturated heterocycles. The molecule has 0 saturated carbocycles. The van der Waals surface area contributed by atoms with E-state index in [1.54, 1.807) is 11.0 Å². The van der Waals surface area contributed by atoms with Crippen LogP contribution in [0, 0.1) is 5.82 Å². The predicted octanol–water partition coefficient (Wildman–Crippen LogP) is -0.946. The minimum atomic E-state index is -0.485. The first-order valence-electron chi connectivity index (χ1n) is 7.74. The Bertz CT molecular complexity index is 615. The minimum absolute atomic E-state index is 0.199. The Balaban J connectivity index is 1.73. The van der Waals surface area contributed by atoms with Gasteiger partial charge in [0.2, 0.25) is 0 Å². The summed E-state index contributed by atoms with van der Waals surface area (Å²) in [6.07, 6.45) is 0. The number of amides is 2. The summed E-state index contributed by atoms with van der Waals surface area (Å²) in [7, 11) is 0. The third-order valence-corrected chi connectivity index (χ3v) is 3.74. The predicted molar refractivity (Wildman–Crippen MR) is 83.8 cm³/mol. The van der Waals surface area contributed by atoms with E-state index in [2.05, 4.69) is 5.32 Å². The van der Waals surface area contributed by atoms with Gasteiger partial charge in [0.15, 0.2) is 13.2 Å². The SMILES string of the molecule is CC(=O)OCC(=O)N1CC[NH+](CC(=O)Nc2cccc(F)c2)CC1. The molecule has 0 spiro atoms. The Kier molecular flexibility index (Phi) is 6.25. The normalized spacial score (nSPS) is 15.0. The number of quaternary nitrogens is 1. The third-order valence-electron chi connectivity index (χ3n) is 3.74. The van der Waals surface area contributed by atoms with Gasteiger partial charge < -0.3 is 19.9 Å². The summed E-state index contributed by atoms with van der Waals surface area (Å²) in [6.45, 7) is 3.52. The fourth-order valence-electron chi connectivity index (χ4n) is 2.50. The standard InChI is InChI=1S/C16H20FN3O4/c1-12(21)24-11-16(23)20-7-5-19(6-8-20)10-15(22)18-14-4-2-3-13(17)9-14/h2-4,9H,5-8,10-11H2,1H3,(H,18,22)/p+1. The number of hydrogen-bond donors (Lipinski definition) is 2. The van der Waals surface area contributed by atoms with Crippen LogP contribution in [0.25, 0.3) is 0 Å². The lowest BCUT2D eigenvalue weighted by Gasteiger charge is -2.31. The molecular formula is C16H21FN3O4+. The van der Waals surface area contributed by atoms with Gasteiger partial charge in [-0.05, 0) is 18.2 Å². The Hall–Kier alpha value is -2.48. The first-order chi connectivity index (χ1) is 11.4. The number of nitrogens with zero attached hydrogens (tertiary/aromatic N) is 1. The maximum atomic E-state index is 13.1. The van der Waals surface area contributed by atoms with Crippen molar-refractivity contribution in [2.45, 2.75) is 6.92 Å². The Labute approximate surface area is 139 Å². The number of carbonyl (C=O) groups excluding carboxylic acids is 3. The molecule has 0 unspecified atom stereocenters. The number of piperazine rings is 1. The van der Waals surface area contributed by atoms with E-state index in [0.29, 0.717) is 31.9 Å². The summed E-state index contributed by atoms with van der Waals surface area (Å²) >= 11 is 0. The van der Waals surface area contributed by atoms with Crippen LogP contribution in [0.5, 0.6) is 0 Å². The van der Waals surface area contributed by atoms with Gasteiger partial charge in [0.25, 0.3) is 11.8 Å². The van der Waals surface area contributed by atoms with Crippen molar-refractivity contribution < 1.29 is 28.4 Å². The number of hydrogen-bond acceptors (Lipinski definition) is 4. The second-order valence-electron chi connectivity index (χ2n) is 5.65. The fraction of sp³-hybridized carbons (Fsp3) is 0.438. The van der Waals surface area contributed by atoms with Crippen LogP contribution >= 0.6 is 0 Å². The molecule has 2 rings (SSSR count). The van der Waals surface area contributed by atoms with Crippen molar-refractivity contribution in [3.05, 3.63) is 30.1 Å². The van der Waals surface area contributed by atoms with Crippen LogP contribution in [0.3, 0.4) is 0 Å². The first-order valence-corrected chi connectivity index (χ1v) is 7.74. The van der Waals surface area contributed by atoms with Crippen LogP contribution in [0.1, 0.15) is 6.92 Å². The van der Waals surface area contributed by atoms with Crippen molar-refractivity contribution in [1.29, 1.82) is 0 Å². The van der Waals surface area contributed by atoms with Crippen molar-refractivity contribution >= 4 is 23.5 Å². The van der Waals surface area contributed by atoms with Gasteiger partial charge in [-0.15, -0.1) is 0 Å². The maximum absolute atomic E-state index is 13.1. The van der Waals surface area contributed by atoms with Gasteiger partial charge in [-0.25, -0.2) is 4.39 Å². The largest absolute Gasteiger partial charge is 0.456 e. The highest BCUT2D eigenvalue weighted by molar-refractivity contribution is 5.91. The van der Waals surface area contributed by atoms with E-state index in [4.69, 9.17) is 4.74 Å². The van der Waals surface area contributed by atoms with E-state index in [0.717, 1.165) is 4.90 Å². The molecular weight excluding hydrogens is 317 g/mol. The Morgan fingerprint density at radius 1 is 1.29 bits per heavy atom. The molecule has 7 nitrogen and oxygen atoms in total. The number of esters is 1. The lowest BCUT2D eigenvalue weighted by molar-refractivity contribution is -0.895. The number of halogens is 1. The van der Waals surface area contributed by atoms with Gasteiger partial charge in [-0.3, -0.25) is 14.4 Å². The smallest absolute Gasteiger partial charge is 0.303 e. The van der Waals surface area contributed by atoms with Gasteiger partial charge in [0, 0.05) is 12.6 Å². The molecule has 1 aromatic carbocycles. The van der Waals surface area contributed by atoms with E-state index in [9.17, 15) is 18.8 Å². The second kappa shape index (κ2) is 8.39. The summed E-state index contributed by atoms with van der Waals surface area (Å²) in [5.41, 5.74) is 0.426. The van der Waals surface area contributed by atoms with Crippen LogP contribution in [0.2, 0.25) is 0 Å². The van der Waals surface area contributed by atoms with Gasteiger partial charge >= 0.3 is 5.97 Å². The first kappa shape index (κ1) is 17.9. The minimum Gasteiger partial charge on any atom is -0.456 e. The zero-order valence-corrected chi connectivity index (χ0v) is 13.5. The zero-order chi connectivity index (χ0) is 17.5. The Morgan fingerprint density at radius 2 is 2.00 bits per heavy atom. The molecule has 8 heteroatoms. The van der Waals surface area contributed by atoms with Crippen molar-refractivity contribution in [3.63, 3.8) is 0 Å². The summed E-state index contributed by atoms with van der Waals surface area (Å²) in [4.78, 5) is 37.2. The molecule has 0 radical (unpaired) electrons. The summed E-state index contributed by atoms with van der Waals surface area (Å²) in [5.74, 6) is -1.31. The average molecular weight is 338 g/mol. The molecule has 0 bridgehead atoms. The van der Waals surface area contributed by atoms with Crippen LogP contribution in [-0.2, 0) is 19.1 Å². The monoisotopic (exact) mass is 338 g/mol. The number of rotatable bonds is 5. The van der Waals surface area contributed by atoms with Crippen LogP contribution in [0.15, 0.2) is 24.3 Å². The molecule has 1 fully saturated rings. The lowest BCUT2D eigenvalue weighted by Crippen LogP contribution is -3.15. The van der Waals surface area contributed by atoms with Crippen molar-refractivity contribution in [2.24, 2.45) is 0 Å². The zero-order valence-electron chi connectivity index (χ0n) is 13.5. The quantitative estimate of drug-likeness (QED) is 0.679. The molecule has 0 aliphatic carbocycles. The molecule has 1 aliphatic heterocycles. The third kappa shape index (κ3) is 5.62. The number of anilines is 1. The average Bonchev–Trinajstić information content (AvgIpc) is 2.53. The van der Waals surface area contributed by atoms with E-state index in [1.165, 1.54) is 25.1 Å². The fourth-order valence-corrected chi connectivity index (χ4v) is 2.50. The second-order valence-corrected chi connectivity index (χ2v) is 5.65.